The van der Waals surface area contributed by atoms with Gasteiger partial charge in [-0.05, 0) is 32.9 Å². The molecular weight excluding hydrogens is 312 g/mol. The molecule has 0 aromatic heterocycles. The molecule has 0 saturated carbocycles. The lowest BCUT2D eigenvalue weighted by Crippen LogP contribution is -2.37. The molecule has 19 heavy (non-hydrogen) atoms. The number of rotatable bonds is 0. The summed E-state index contributed by atoms with van der Waals surface area (Å²) in [7, 11) is 0. The molecule has 2 N–H and O–H groups in total. The Morgan fingerprint density at radius 2 is 2.05 bits per heavy atom. The van der Waals surface area contributed by atoms with E-state index in [4.69, 9.17) is 10.5 Å². The Morgan fingerprint density at radius 1 is 1.42 bits per heavy atom. The lowest BCUT2D eigenvalue weighted by molar-refractivity contribution is 0.0248. The first kappa shape index (κ1) is 13.9. The Hall–Kier alpha value is -1.56. The molecule has 6 heteroatoms. The number of benzene rings is 1. The predicted octanol–water partition coefficient (Wildman–Crippen LogP) is 2.92. The van der Waals surface area contributed by atoms with E-state index in [-0.39, 0.29) is 6.54 Å². The van der Waals surface area contributed by atoms with Gasteiger partial charge in [0.25, 0.3) is 5.91 Å². The molecule has 2 amide bonds. The van der Waals surface area contributed by atoms with Crippen molar-refractivity contribution in [1.29, 1.82) is 0 Å². The Balaban J connectivity index is 2.32. The lowest BCUT2D eigenvalue weighted by atomic mass is 10.1. The van der Waals surface area contributed by atoms with Gasteiger partial charge in [0.15, 0.2) is 0 Å². The summed E-state index contributed by atoms with van der Waals surface area (Å²) in [6.45, 7) is 5.43. The van der Waals surface area contributed by atoms with Crippen LogP contribution in [0.1, 0.15) is 36.7 Å². The lowest BCUT2D eigenvalue weighted by Gasteiger charge is -2.23. The molecule has 0 aliphatic carbocycles. The quantitative estimate of drug-likeness (QED) is 0.744. The van der Waals surface area contributed by atoms with E-state index in [0.29, 0.717) is 11.3 Å². The van der Waals surface area contributed by atoms with Crippen molar-refractivity contribution in [3.8, 4) is 0 Å². The monoisotopic (exact) mass is 326 g/mol. The van der Waals surface area contributed by atoms with E-state index in [9.17, 15) is 9.59 Å². The standard InChI is InChI=1S/C13H15BrN2O3/c1-13(2,3)19-12(18)16-6-7-8(14)4-5-9(15)10(7)11(16)17/h4-5H,6,15H2,1-3H3. The zero-order valence-corrected chi connectivity index (χ0v) is 12.6. The van der Waals surface area contributed by atoms with Gasteiger partial charge in [-0.1, -0.05) is 15.9 Å². The highest BCUT2D eigenvalue weighted by Crippen LogP contribution is 2.34. The third-order valence-corrected chi connectivity index (χ3v) is 3.42. The van der Waals surface area contributed by atoms with Crippen LogP contribution in [0.15, 0.2) is 16.6 Å². The second kappa shape index (κ2) is 4.52. The van der Waals surface area contributed by atoms with Crippen molar-refractivity contribution < 1.29 is 14.3 Å². The van der Waals surface area contributed by atoms with Gasteiger partial charge in [0.2, 0.25) is 0 Å². The Bertz CT molecular complexity index is 564. The number of nitrogen functional groups attached to an aromatic ring is 1. The van der Waals surface area contributed by atoms with Gasteiger partial charge in [0.1, 0.15) is 5.60 Å². The normalized spacial score (nSPS) is 14.5. The number of nitrogens with two attached hydrogens (primary N) is 1. The average Bonchev–Trinajstić information content (AvgIpc) is 2.61. The van der Waals surface area contributed by atoms with Crippen molar-refractivity contribution in [3.63, 3.8) is 0 Å². The largest absolute Gasteiger partial charge is 0.443 e. The molecule has 5 nitrogen and oxygen atoms in total. The average molecular weight is 327 g/mol. The van der Waals surface area contributed by atoms with Crippen LogP contribution in [0.2, 0.25) is 0 Å². The highest BCUT2D eigenvalue weighted by atomic mass is 79.9. The zero-order valence-electron chi connectivity index (χ0n) is 11.0. The number of hydrogen-bond acceptors (Lipinski definition) is 4. The highest BCUT2D eigenvalue weighted by Gasteiger charge is 2.37. The van der Waals surface area contributed by atoms with Gasteiger partial charge in [-0.25, -0.2) is 9.69 Å². The third-order valence-electron chi connectivity index (χ3n) is 2.68. The van der Waals surface area contributed by atoms with E-state index in [2.05, 4.69) is 15.9 Å². The smallest absolute Gasteiger partial charge is 0.417 e. The van der Waals surface area contributed by atoms with Gasteiger partial charge in [-0.3, -0.25) is 4.79 Å². The molecule has 0 spiro atoms. The Morgan fingerprint density at radius 3 is 2.58 bits per heavy atom. The van der Waals surface area contributed by atoms with E-state index in [1.807, 2.05) is 0 Å². The topological polar surface area (TPSA) is 72.6 Å². The summed E-state index contributed by atoms with van der Waals surface area (Å²) < 4.78 is 5.97. The van der Waals surface area contributed by atoms with E-state index < -0.39 is 17.6 Å². The summed E-state index contributed by atoms with van der Waals surface area (Å²) in [6, 6.07) is 3.40. The van der Waals surface area contributed by atoms with Gasteiger partial charge in [-0.2, -0.15) is 0 Å². The van der Waals surface area contributed by atoms with E-state index >= 15 is 0 Å². The van der Waals surface area contributed by atoms with Crippen LogP contribution in [0.3, 0.4) is 0 Å². The summed E-state index contributed by atoms with van der Waals surface area (Å²) in [5, 5.41) is 0. The number of amides is 2. The number of ether oxygens (including phenoxy) is 1. The molecule has 0 bridgehead atoms. The number of hydrogen-bond donors (Lipinski definition) is 1. The van der Waals surface area contributed by atoms with Crippen LogP contribution in [0.5, 0.6) is 0 Å². The van der Waals surface area contributed by atoms with E-state index in [1.165, 1.54) is 0 Å². The molecule has 0 unspecified atom stereocenters. The van der Waals surface area contributed by atoms with Crippen LogP contribution in [0.25, 0.3) is 0 Å². The van der Waals surface area contributed by atoms with Gasteiger partial charge < -0.3 is 10.5 Å². The van der Waals surface area contributed by atoms with Crippen LogP contribution in [0.4, 0.5) is 10.5 Å². The van der Waals surface area contributed by atoms with Gasteiger partial charge in [0.05, 0.1) is 12.1 Å². The fourth-order valence-electron chi connectivity index (χ4n) is 1.88. The molecule has 1 aliphatic heterocycles. The molecule has 2 rings (SSSR count). The molecule has 102 valence electrons. The van der Waals surface area contributed by atoms with Crippen molar-refractivity contribution in [1.82, 2.24) is 4.90 Å². The first-order valence-electron chi connectivity index (χ1n) is 5.82. The minimum Gasteiger partial charge on any atom is -0.443 e. The number of halogens is 1. The molecule has 1 aromatic rings. The summed E-state index contributed by atoms with van der Waals surface area (Å²) >= 11 is 3.36. The summed E-state index contributed by atoms with van der Waals surface area (Å²) in [4.78, 5) is 25.3. The minimum absolute atomic E-state index is 0.175. The number of fused-ring (bicyclic) bond motifs is 1. The van der Waals surface area contributed by atoms with Crippen molar-refractivity contribution in [2.24, 2.45) is 0 Å². The van der Waals surface area contributed by atoms with Crippen LogP contribution in [0, 0.1) is 0 Å². The molecule has 1 aliphatic rings. The van der Waals surface area contributed by atoms with Crippen LogP contribution in [-0.2, 0) is 11.3 Å². The molecule has 1 aromatic carbocycles. The van der Waals surface area contributed by atoms with Crippen molar-refractivity contribution >= 4 is 33.6 Å². The molecule has 0 saturated heterocycles. The van der Waals surface area contributed by atoms with Crippen molar-refractivity contribution in [3.05, 3.63) is 27.7 Å². The third kappa shape index (κ3) is 2.58. The summed E-state index contributed by atoms with van der Waals surface area (Å²) in [5.41, 5.74) is 6.62. The maximum absolute atomic E-state index is 12.2. The maximum Gasteiger partial charge on any atom is 0.417 e. The van der Waals surface area contributed by atoms with E-state index in [0.717, 1.165) is 14.9 Å². The second-order valence-corrected chi connectivity index (χ2v) is 6.22. The van der Waals surface area contributed by atoms with Crippen molar-refractivity contribution in [2.75, 3.05) is 5.73 Å². The Labute approximate surface area is 119 Å². The number of nitrogens with zero attached hydrogens (tertiary/aromatic N) is 1. The molecule has 0 fully saturated rings. The molecule has 0 atom stereocenters. The van der Waals surface area contributed by atoms with Gasteiger partial charge in [-0.15, -0.1) is 0 Å². The van der Waals surface area contributed by atoms with Crippen molar-refractivity contribution in [2.45, 2.75) is 32.9 Å². The molecular formula is C13H15BrN2O3. The first-order chi connectivity index (χ1) is 8.70. The number of anilines is 1. The van der Waals surface area contributed by atoms with Crippen LogP contribution < -0.4 is 5.73 Å². The number of carbonyl (C=O) groups is 2. The second-order valence-electron chi connectivity index (χ2n) is 5.36. The van der Waals surface area contributed by atoms with Crippen LogP contribution in [-0.4, -0.2) is 22.5 Å². The fraction of sp³-hybridized carbons (Fsp3) is 0.385. The zero-order chi connectivity index (χ0) is 14.4. The van der Waals surface area contributed by atoms with E-state index in [1.54, 1.807) is 32.9 Å². The first-order valence-corrected chi connectivity index (χ1v) is 6.61. The fourth-order valence-corrected chi connectivity index (χ4v) is 2.33. The number of imide groups is 1. The predicted molar refractivity (Wildman–Crippen MR) is 74.7 cm³/mol. The molecule has 1 heterocycles. The highest BCUT2D eigenvalue weighted by molar-refractivity contribution is 9.10. The summed E-state index contributed by atoms with van der Waals surface area (Å²) in [5.74, 6) is -0.414. The SMILES string of the molecule is CC(C)(C)OC(=O)N1Cc2c(Br)ccc(N)c2C1=O. The minimum atomic E-state index is -0.653. The molecule has 0 radical (unpaired) electrons. The van der Waals surface area contributed by atoms with Gasteiger partial charge >= 0.3 is 6.09 Å². The summed E-state index contributed by atoms with van der Waals surface area (Å²) in [6.07, 6.45) is -0.653. The Kier molecular flexibility index (Phi) is 3.30. The maximum atomic E-state index is 12.2. The van der Waals surface area contributed by atoms with Gasteiger partial charge in [0, 0.05) is 15.7 Å². The number of carbonyl (C=O) groups excluding carboxylic acids is 2. The van der Waals surface area contributed by atoms with Crippen LogP contribution >= 0.6 is 15.9 Å².